The van der Waals surface area contributed by atoms with E-state index in [1.807, 2.05) is 24.7 Å². The summed E-state index contributed by atoms with van der Waals surface area (Å²) >= 11 is 0. The van der Waals surface area contributed by atoms with Crippen LogP contribution < -0.4 is 0 Å². The number of non-ortho nitro benzene ring substituents is 1. The summed E-state index contributed by atoms with van der Waals surface area (Å²) in [7, 11) is 0. The molecule has 0 fully saturated rings. The predicted molar refractivity (Wildman–Crippen MR) is 75.5 cm³/mol. The van der Waals surface area contributed by atoms with Crippen molar-refractivity contribution in [2.45, 2.75) is 25.8 Å². The van der Waals surface area contributed by atoms with Crippen LogP contribution in [0.1, 0.15) is 18.4 Å². The van der Waals surface area contributed by atoms with Gasteiger partial charge < -0.3 is 4.57 Å². The van der Waals surface area contributed by atoms with Crippen LogP contribution in [0.2, 0.25) is 0 Å². The van der Waals surface area contributed by atoms with Gasteiger partial charge in [0.1, 0.15) is 0 Å². The normalized spacial score (nSPS) is 9.89. The number of aromatic nitrogens is 2. The van der Waals surface area contributed by atoms with Crippen LogP contribution in [0.25, 0.3) is 0 Å². The highest BCUT2D eigenvalue weighted by atomic mass is 35.5. The summed E-state index contributed by atoms with van der Waals surface area (Å²) in [5.74, 6) is 0. The molecule has 0 saturated heterocycles. The lowest BCUT2D eigenvalue weighted by Gasteiger charge is -2.02. The summed E-state index contributed by atoms with van der Waals surface area (Å²) in [6.07, 6.45) is 8.63. The van der Waals surface area contributed by atoms with E-state index in [-0.39, 0.29) is 23.0 Å². The van der Waals surface area contributed by atoms with Gasteiger partial charge in [-0.3, -0.25) is 10.1 Å². The van der Waals surface area contributed by atoms with Gasteiger partial charge in [0.05, 0.1) is 11.3 Å². The van der Waals surface area contributed by atoms with E-state index >= 15 is 0 Å². The molecule has 0 unspecified atom stereocenters. The fourth-order valence-electron chi connectivity index (χ4n) is 1.83. The summed E-state index contributed by atoms with van der Waals surface area (Å²) < 4.78 is 2.05. The minimum atomic E-state index is -0.372. The molecule has 0 aliphatic heterocycles. The minimum absolute atomic E-state index is 0. The second-order valence-electron chi connectivity index (χ2n) is 4.18. The summed E-state index contributed by atoms with van der Waals surface area (Å²) in [6, 6.07) is 6.78. The average Bonchev–Trinajstić information content (AvgIpc) is 2.88. The van der Waals surface area contributed by atoms with Crippen LogP contribution in [-0.4, -0.2) is 14.5 Å². The number of hydrogen-bond donors (Lipinski definition) is 0. The molecule has 1 aromatic carbocycles. The molecule has 2 rings (SSSR count). The Morgan fingerprint density at radius 3 is 2.53 bits per heavy atom. The lowest BCUT2D eigenvalue weighted by molar-refractivity contribution is -0.384. The first-order chi connectivity index (χ1) is 8.75. The van der Waals surface area contributed by atoms with E-state index < -0.39 is 0 Å². The van der Waals surface area contributed by atoms with Gasteiger partial charge in [0.25, 0.3) is 5.69 Å². The molecule has 1 aromatic heterocycles. The number of unbranched alkanes of at least 4 members (excludes halogenated alkanes) is 1. The maximum absolute atomic E-state index is 10.5. The number of benzene rings is 1. The van der Waals surface area contributed by atoms with Crippen molar-refractivity contribution in [3.05, 3.63) is 58.7 Å². The average molecular weight is 282 g/mol. The van der Waals surface area contributed by atoms with Crippen LogP contribution in [0.3, 0.4) is 0 Å². The topological polar surface area (TPSA) is 61.0 Å². The second-order valence-corrected chi connectivity index (χ2v) is 4.18. The quantitative estimate of drug-likeness (QED) is 0.464. The molecule has 5 nitrogen and oxygen atoms in total. The third-order valence-corrected chi connectivity index (χ3v) is 2.84. The van der Waals surface area contributed by atoms with Crippen LogP contribution in [0.4, 0.5) is 5.69 Å². The molecule has 0 bridgehead atoms. The maximum Gasteiger partial charge on any atom is 0.269 e. The van der Waals surface area contributed by atoms with Crippen LogP contribution >= 0.6 is 12.4 Å². The Kier molecular flexibility index (Phi) is 6.02. The number of nitro benzene ring substituents is 1. The number of imidazole rings is 1. The van der Waals surface area contributed by atoms with Crippen molar-refractivity contribution in [2.24, 2.45) is 0 Å². The smallest absolute Gasteiger partial charge is 0.269 e. The van der Waals surface area contributed by atoms with Crippen molar-refractivity contribution >= 4 is 18.1 Å². The van der Waals surface area contributed by atoms with Gasteiger partial charge in [-0.05, 0) is 24.8 Å². The van der Waals surface area contributed by atoms with Gasteiger partial charge in [-0.2, -0.15) is 0 Å². The van der Waals surface area contributed by atoms with Crippen molar-refractivity contribution in [1.29, 1.82) is 0 Å². The molecule has 0 N–H and O–H groups in total. The molecule has 0 amide bonds. The first-order valence-corrected chi connectivity index (χ1v) is 5.95. The van der Waals surface area contributed by atoms with E-state index in [4.69, 9.17) is 0 Å². The number of nitrogens with zero attached hydrogens (tertiary/aromatic N) is 3. The lowest BCUT2D eigenvalue weighted by atomic mass is 10.1. The monoisotopic (exact) mass is 281 g/mol. The zero-order valence-corrected chi connectivity index (χ0v) is 11.3. The molecule has 2 aromatic rings. The van der Waals surface area contributed by atoms with Crippen molar-refractivity contribution in [2.75, 3.05) is 0 Å². The van der Waals surface area contributed by atoms with Gasteiger partial charge in [0, 0.05) is 31.1 Å². The molecule has 6 heteroatoms. The van der Waals surface area contributed by atoms with Crippen molar-refractivity contribution in [1.82, 2.24) is 9.55 Å². The molecule has 19 heavy (non-hydrogen) atoms. The second kappa shape index (κ2) is 7.53. The first kappa shape index (κ1) is 15.2. The summed E-state index contributed by atoms with van der Waals surface area (Å²) in [6.45, 7) is 0.965. The Hall–Kier alpha value is -1.88. The Bertz CT molecular complexity index is 497. The van der Waals surface area contributed by atoms with Crippen LogP contribution in [0, 0.1) is 10.1 Å². The summed E-state index contributed by atoms with van der Waals surface area (Å²) in [5, 5.41) is 10.5. The standard InChI is InChI=1S/C13H15N3O2.ClH/c17-16(18)13-6-4-12(5-7-13)3-1-2-9-15-10-8-14-11-15;/h4-8,10-11H,1-3,9H2;1H. The highest BCUT2D eigenvalue weighted by Crippen LogP contribution is 2.13. The van der Waals surface area contributed by atoms with Gasteiger partial charge in [-0.1, -0.05) is 12.1 Å². The third kappa shape index (κ3) is 4.71. The molecule has 0 saturated carbocycles. The van der Waals surface area contributed by atoms with Gasteiger partial charge in [0.15, 0.2) is 0 Å². The van der Waals surface area contributed by atoms with Crippen molar-refractivity contribution < 1.29 is 4.92 Å². The summed E-state index contributed by atoms with van der Waals surface area (Å²) in [4.78, 5) is 14.1. The zero-order valence-electron chi connectivity index (χ0n) is 10.4. The van der Waals surface area contributed by atoms with E-state index in [9.17, 15) is 10.1 Å². The molecule has 0 spiro atoms. The van der Waals surface area contributed by atoms with Crippen LogP contribution in [0.15, 0.2) is 43.0 Å². The molecule has 102 valence electrons. The Balaban J connectivity index is 0.00000180. The summed E-state index contributed by atoms with van der Waals surface area (Å²) in [5.41, 5.74) is 1.29. The largest absolute Gasteiger partial charge is 0.337 e. The van der Waals surface area contributed by atoms with E-state index in [1.165, 1.54) is 0 Å². The number of nitro groups is 1. The zero-order chi connectivity index (χ0) is 12.8. The van der Waals surface area contributed by atoms with Gasteiger partial charge in [0.2, 0.25) is 0 Å². The van der Waals surface area contributed by atoms with E-state index in [0.29, 0.717) is 0 Å². The molecular formula is C13H16ClN3O2. The number of aryl methyl sites for hydroxylation is 2. The fraction of sp³-hybridized carbons (Fsp3) is 0.308. The van der Waals surface area contributed by atoms with Gasteiger partial charge >= 0.3 is 0 Å². The van der Waals surface area contributed by atoms with E-state index in [1.54, 1.807) is 18.3 Å². The third-order valence-electron chi connectivity index (χ3n) is 2.84. The van der Waals surface area contributed by atoms with E-state index in [0.717, 1.165) is 31.4 Å². The number of rotatable bonds is 6. The molecule has 0 radical (unpaired) electrons. The minimum Gasteiger partial charge on any atom is -0.337 e. The van der Waals surface area contributed by atoms with Crippen LogP contribution in [0.5, 0.6) is 0 Å². The Morgan fingerprint density at radius 2 is 1.95 bits per heavy atom. The lowest BCUT2D eigenvalue weighted by Crippen LogP contribution is -1.95. The molecule has 0 aliphatic rings. The molecule has 1 heterocycles. The highest BCUT2D eigenvalue weighted by Gasteiger charge is 2.03. The molecular weight excluding hydrogens is 266 g/mol. The maximum atomic E-state index is 10.5. The Morgan fingerprint density at radius 1 is 1.21 bits per heavy atom. The van der Waals surface area contributed by atoms with Crippen LogP contribution in [-0.2, 0) is 13.0 Å². The van der Waals surface area contributed by atoms with Gasteiger partial charge in [-0.25, -0.2) is 4.98 Å². The number of halogens is 1. The van der Waals surface area contributed by atoms with E-state index in [2.05, 4.69) is 9.55 Å². The van der Waals surface area contributed by atoms with Crippen molar-refractivity contribution in [3.63, 3.8) is 0 Å². The number of hydrogen-bond acceptors (Lipinski definition) is 3. The molecule has 0 atom stereocenters. The predicted octanol–water partition coefficient (Wildman–Crippen LogP) is 3.24. The van der Waals surface area contributed by atoms with Crippen molar-refractivity contribution in [3.8, 4) is 0 Å². The first-order valence-electron chi connectivity index (χ1n) is 5.95. The highest BCUT2D eigenvalue weighted by molar-refractivity contribution is 5.85. The van der Waals surface area contributed by atoms with Gasteiger partial charge in [-0.15, -0.1) is 12.4 Å². The Labute approximate surface area is 117 Å². The molecule has 0 aliphatic carbocycles. The fourth-order valence-corrected chi connectivity index (χ4v) is 1.83. The SMILES string of the molecule is Cl.O=[N+]([O-])c1ccc(CCCCn2ccnc2)cc1.